The van der Waals surface area contributed by atoms with Crippen LogP contribution in [0.15, 0.2) is 78.9 Å². The number of nitrogens with zero attached hydrogens (tertiary/aromatic N) is 2. The van der Waals surface area contributed by atoms with Crippen molar-refractivity contribution in [1.29, 1.82) is 0 Å². The van der Waals surface area contributed by atoms with Gasteiger partial charge in [-0.2, -0.15) is 0 Å². The van der Waals surface area contributed by atoms with Gasteiger partial charge in [0.05, 0.1) is 17.6 Å². The number of benzene rings is 3. The zero-order valence-electron chi connectivity index (χ0n) is 16.0. The molecule has 4 rings (SSSR count). The molecule has 1 heterocycles. The number of ether oxygens (including phenoxy) is 1. The maximum Gasteiger partial charge on any atom is 0.119 e. The molecule has 3 aromatic carbocycles. The highest BCUT2D eigenvalue weighted by molar-refractivity contribution is 5.76. The number of aryl methyl sites for hydroxylation is 1. The van der Waals surface area contributed by atoms with Gasteiger partial charge < -0.3 is 14.4 Å². The Morgan fingerprint density at radius 1 is 0.929 bits per heavy atom. The Morgan fingerprint density at radius 2 is 1.64 bits per heavy atom. The van der Waals surface area contributed by atoms with Gasteiger partial charge in [0.15, 0.2) is 0 Å². The van der Waals surface area contributed by atoms with E-state index in [1.165, 1.54) is 11.1 Å². The van der Waals surface area contributed by atoms with E-state index in [0.717, 1.165) is 29.0 Å². The van der Waals surface area contributed by atoms with Gasteiger partial charge >= 0.3 is 0 Å². The van der Waals surface area contributed by atoms with Gasteiger partial charge in [-0.15, -0.1) is 0 Å². The first kappa shape index (κ1) is 18.3. The van der Waals surface area contributed by atoms with Gasteiger partial charge in [0.2, 0.25) is 0 Å². The zero-order chi connectivity index (χ0) is 19.3. The quantitative estimate of drug-likeness (QED) is 0.524. The second-order valence-corrected chi connectivity index (χ2v) is 7.07. The van der Waals surface area contributed by atoms with Gasteiger partial charge in [-0.1, -0.05) is 60.2 Å². The highest BCUT2D eigenvalue weighted by Gasteiger charge is 2.15. The highest BCUT2D eigenvalue weighted by atomic mass is 16.5. The van der Waals surface area contributed by atoms with Crippen LogP contribution in [-0.4, -0.2) is 27.4 Å². The van der Waals surface area contributed by atoms with E-state index in [1.807, 2.05) is 73.7 Å². The van der Waals surface area contributed by atoms with Crippen molar-refractivity contribution in [3.8, 4) is 5.75 Å². The molecule has 4 aromatic rings. The maximum atomic E-state index is 10.6. The third-order valence-corrected chi connectivity index (χ3v) is 4.80. The Hall–Kier alpha value is -3.11. The minimum Gasteiger partial charge on any atom is -0.491 e. The van der Waals surface area contributed by atoms with E-state index in [-0.39, 0.29) is 6.61 Å². The summed E-state index contributed by atoms with van der Waals surface area (Å²) in [5, 5.41) is 10.6. The summed E-state index contributed by atoms with van der Waals surface area (Å²) >= 11 is 0. The van der Waals surface area contributed by atoms with Crippen molar-refractivity contribution in [2.45, 2.75) is 26.0 Å². The summed E-state index contributed by atoms with van der Waals surface area (Å²) in [6.07, 6.45) is 0.0922. The lowest BCUT2D eigenvalue weighted by molar-refractivity contribution is 0.0928. The van der Waals surface area contributed by atoms with Crippen LogP contribution in [-0.2, 0) is 13.0 Å². The molecule has 1 atom stereocenters. The number of rotatable bonds is 7. The van der Waals surface area contributed by atoms with Gasteiger partial charge in [-0.05, 0) is 36.8 Å². The number of fused-ring (bicyclic) bond motifs is 1. The van der Waals surface area contributed by atoms with E-state index >= 15 is 0 Å². The molecule has 0 fully saturated rings. The lowest BCUT2D eigenvalue weighted by atomic mass is 10.1. The number of aliphatic hydroxyl groups is 1. The minimum absolute atomic E-state index is 0.236. The molecule has 142 valence electrons. The molecular formula is C24H24N2O2. The number of aliphatic hydroxyl groups excluding tert-OH is 1. The fourth-order valence-electron chi connectivity index (χ4n) is 3.33. The largest absolute Gasteiger partial charge is 0.491 e. The average molecular weight is 372 g/mol. The summed E-state index contributed by atoms with van der Waals surface area (Å²) in [6.45, 7) is 2.71. The van der Waals surface area contributed by atoms with Gasteiger partial charge in [0, 0.05) is 6.42 Å². The number of aromatic nitrogens is 2. The molecule has 0 saturated carbocycles. The fraction of sp³-hybridized carbons (Fsp3) is 0.208. The summed E-state index contributed by atoms with van der Waals surface area (Å²) in [7, 11) is 0. The molecule has 4 heteroatoms. The van der Waals surface area contributed by atoms with E-state index < -0.39 is 6.10 Å². The van der Waals surface area contributed by atoms with E-state index in [9.17, 15) is 5.11 Å². The summed E-state index contributed by atoms with van der Waals surface area (Å²) in [4.78, 5) is 4.80. The zero-order valence-corrected chi connectivity index (χ0v) is 16.0. The molecule has 0 spiro atoms. The number of para-hydroxylation sites is 2. The van der Waals surface area contributed by atoms with Crippen molar-refractivity contribution in [3.63, 3.8) is 0 Å². The normalized spacial score (nSPS) is 12.2. The fourth-order valence-corrected chi connectivity index (χ4v) is 3.33. The van der Waals surface area contributed by atoms with Gasteiger partial charge in [-0.3, -0.25) is 0 Å². The Balaban J connectivity index is 1.52. The van der Waals surface area contributed by atoms with Crippen LogP contribution in [0.4, 0.5) is 0 Å². The predicted octanol–water partition coefficient (Wildman–Crippen LogP) is 4.38. The third kappa shape index (κ3) is 4.24. The Labute approximate surface area is 165 Å². The number of hydrogen-bond acceptors (Lipinski definition) is 3. The van der Waals surface area contributed by atoms with Crippen molar-refractivity contribution in [3.05, 3.63) is 95.8 Å². The van der Waals surface area contributed by atoms with Crippen molar-refractivity contribution in [2.75, 3.05) is 6.61 Å². The summed E-state index contributed by atoms with van der Waals surface area (Å²) in [5.41, 5.74) is 4.36. The maximum absolute atomic E-state index is 10.6. The van der Waals surface area contributed by atoms with Crippen molar-refractivity contribution < 1.29 is 9.84 Å². The van der Waals surface area contributed by atoms with Crippen LogP contribution < -0.4 is 4.74 Å². The second-order valence-electron chi connectivity index (χ2n) is 7.07. The molecule has 0 aliphatic carbocycles. The Kier molecular flexibility index (Phi) is 5.40. The minimum atomic E-state index is -0.631. The molecular weight excluding hydrogens is 348 g/mol. The molecule has 0 aliphatic rings. The molecule has 0 amide bonds. The Morgan fingerprint density at radius 3 is 2.43 bits per heavy atom. The van der Waals surface area contributed by atoms with Crippen LogP contribution in [0, 0.1) is 6.92 Å². The number of hydrogen-bond donors (Lipinski definition) is 1. The molecule has 1 N–H and O–H groups in total. The van der Waals surface area contributed by atoms with Crippen LogP contribution in [0.1, 0.15) is 17.0 Å². The molecule has 1 aromatic heterocycles. The number of imidazole rings is 1. The SMILES string of the molecule is Cc1ccc(OCC(O)Cn2c(Cc3ccccc3)nc3ccccc32)cc1. The monoisotopic (exact) mass is 372 g/mol. The van der Waals surface area contributed by atoms with Crippen molar-refractivity contribution in [2.24, 2.45) is 0 Å². The van der Waals surface area contributed by atoms with Crippen LogP contribution in [0.3, 0.4) is 0 Å². The predicted molar refractivity (Wildman–Crippen MR) is 112 cm³/mol. The third-order valence-electron chi connectivity index (χ3n) is 4.80. The topological polar surface area (TPSA) is 47.3 Å². The van der Waals surface area contributed by atoms with Crippen LogP contribution in [0.2, 0.25) is 0 Å². The summed E-state index contributed by atoms with van der Waals surface area (Å²) in [6, 6.07) is 26.2. The van der Waals surface area contributed by atoms with E-state index in [2.05, 4.69) is 16.7 Å². The molecule has 4 nitrogen and oxygen atoms in total. The first-order chi connectivity index (χ1) is 13.7. The van der Waals surface area contributed by atoms with E-state index in [4.69, 9.17) is 9.72 Å². The smallest absolute Gasteiger partial charge is 0.119 e. The first-order valence-corrected chi connectivity index (χ1v) is 9.54. The van der Waals surface area contributed by atoms with Crippen molar-refractivity contribution >= 4 is 11.0 Å². The van der Waals surface area contributed by atoms with Gasteiger partial charge in [0.25, 0.3) is 0 Å². The van der Waals surface area contributed by atoms with Crippen LogP contribution >= 0.6 is 0 Å². The molecule has 0 saturated heterocycles. The van der Waals surface area contributed by atoms with Crippen LogP contribution in [0.5, 0.6) is 5.75 Å². The molecule has 0 aliphatic heterocycles. The first-order valence-electron chi connectivity index (χ1n) is 9.54. The molecule has 0 radical (unpaired) electrons. The van der Waals surface area contributed by atoms with E-state index in [1.54, 1.807) is 0 Å². The molecule has 1 unspecified atom stereocenters. The van der Waals surface area contributed by atoms with Crippen molar-refractivity contribution in [1.82, 2.24) is 9.55 Å². The average Bonchev–Trinajstić information content (AvgIpc) is 3.05. The van der Waals surface area contributed by atoms with Crippen LogP contribution in [0.25, 0.3) is 11.0 Å². The lowest BCUT2D eigenvalue weighted by Crippen LogP contribution is -2.24. The summed E-state index contributed by atoms with van der Waals surface area (Å²) in [5.74, 6) is 1.71. The lowest BCUT2D eigenvalue weighted by Gasteiger charge is -2.16. The summed E-state index contributed by atoms with van der Waals surface area (Å²) < 4.78 is 7.86. The Bertz CT molecular complexity index is 1040. The van der Waals surface area contributed by atoms with Gasteiger partial charge in [-0.25, -0.2) is 4.98 Å². The van der Waals surface area contributed by atoms with Gasteiger partial charge in [0.1, 0.15) is 24.3 Å². The standard InChI is InChI=1S/C24H24N2O2/c1-18-11-13-21(14-12-18)28-17-20(27)16-26-23-10-6-5-9-22(23)25-24(26)15-19-7-3-2-4-8-19/h2-14,20,27H,15-17H2,1H3. The molecule has 28 heavy (non-hydrogen) atoms. The second kappa shape index (κ2) is 8.28. The molecule has 0 bridgehead atoms. The highest BCUT2D eigenvalue weighted by Crippen LogP contribution is 2.20. The van der Waals surface area contributed by atoms with E-state index in [0.29, 0.717) is 6.54 Å².